The zero-order valence-corrected chi connectivity index (χ0v) is 15.5. The van der Waals surface area contributed by atoms with Crippen molar-refractivity contribution in [3.63, 3.8) is 0 Å². The molecule has 0 spiro atoms. The zero-order chi connectivity index (χ0) is 18.6. The second-order valence-corrected chi connectivity index (χ2v) is 6.93. The second kappa shape index (κ2) is 7.80. The lowest BCUT2D eigenvalue weighted by Gasteiger charge is -2.32. The van der Waals surface area contributed by atoms with E-state index in [9.17, 15) is 4.79 Å². The highest BCUT2D eigenvalue weighted by atomic mass is 16.3. The molecule has 1 N–H and O–H groups in total. The number of benzene rings is 1. The molecule has 6 nitrogen and oxygen atoms in total. The number of nitrogens with one attached hydrogen (secondary N) is 1. The first-order valence-electron chi connectivity index (χ1n) is 9.39. The summed E-state index contributed by atoms with van der Waals surface area (Å²) < 4.78 is 7.20. The lowest BCUT2D eigenvalue weighted by Crippen LogP contribution is -2.41. The number of hydrogen-bond acceptors (Lipinski definition) is 4. The van der Waals surface area contributed by atoms with Crippen molar-refractivity contribution in [3.05, 3.63) is 60.5 Å². The fourth-order valence-corrected chi connectivity index (χ4v) is 3.64. The van der Waals surface area contributed by atoms with Crippen LogP contribution in [-0.4, -0.2) is 47.3 Å². The first-order chi connectivity index (χ1) is 13.3. The Morgan fingerprint density at radius 3 is 2.63 bits per heavy atom. The minimum absolute atomic E-state index is 0.0204. The summed E-state index contributed by atoms with van der Waals surface area (Å²) in [5.41, 5.74) is 2.10. The van der Waals surface area contributed by atoms with Crippen molar-refractivity contribution in [2.24, 2.45) is 5.92 Å². The van der Waals surface area contributed by atoms with Crippen LogP contribution >= 0.6 is 0 Å². The fraction of sp³-hybridized carbons (Fsp3) is 0.333. The van der Waals surface area contributed by atoms with Gasteiger partial charge >= 0.3 is 0 Å². The number of likely N-dealkylation sites (tertiary alicyclic amines) is 1. The molecule has 0 radical (unpaired) electrons. The van der Waals surface area contributed by atoms with Crippen molar-refractivity contribution < 1.29 is 9.21 Å². The molecule has 1 amide bonds. The number of piperidine rings is 1. The Morgan fingerprint density at radius 1 is 1.19 bits per heavy atom. The molecule has 0 bridgehead atoms. The van der Waals surface area contributed by atoms with E-state index in [2.05, 4.69) is 10.4 Å². The number of furan rings is 1. The summed E-state index contributed by atoms with van der Waals surface area (Å²) in [5, 5.41) is 7.88. The molecule has 1 aromatic carbocycles. The molecule has 0 unspecified atom stereocenters. The van der Waals surface area contributed by atoms with Crippen LogP contribution < -0.4 is 5.32 Å². The number of carbonyl (C=O) groups excluding carboxylic acids is 1. The Bertz CT molecular complexity index is 878. The summed E-state index contributed by atoms with van der Waals surface area (Å²) in [6.45, 7) is 2.56. The molecule has 0 aliphatic carbocycles. The highest BCUT2D eigenvalue weighted by molar-refractivity contribution is 5.94. The summed E-state index contributed by atoms with van der Waals surface area (Å²) >= 11 is 0. The number of hydrogen-bond donors (Lipinski definition) is 1. The first kappa shape index (κ1) is 17.5. The lowest BCUT2D eigenvalue weighted by atomic mass is 9.96. The van der Waals surface area contributed by atoms with E-state index in [-0.39, 0.29) is 5.91 Å². The molecular formula is C21H24N4O2. The molecule has 6 heteroatoms. The van der Waals surface area contributed by atoms with E-state index in [1.807, 2.05) is 60.5 Å². The molecule has 3 aromatic rings. The summed E-state index contributed by atoms with van der Waals surface area (Å²) in [4.78, 5) is 15.2. The van der Waals surface area contributed by atoms with Gasteiger partial charge in [0.25, 0.3) is 5.91 Å². The van der Waals surface area contributed by atoms with Crippen LogP contribution in [0.3, 0.4) is 0 Å². The van der Waals surface area contributed by atoms with Crippen LogP contribution in [0.2, 0.25) is 0 Å². The van der Waals surface area contributed by atoms with Gasteiger partial charge in [0.05, 0.1) is 12.0 Å². The predicted molar refractivity (Wildman–Crippen MR) is 104 cm³/mol. The number of aromatic nitrogens is 2. The Kier molecular flexibility index (Phi) is 5.07. The van der Waals surface area contributed by atoms with Crippen LogP contribution in [0.5, 0.6) is 0 Å². The normalized spacial score (nSPS) is 15.2. The van der Waals surface area contributed by atoms with E-state index >= 15 is 0 Å². The van der Waals surface area contributed by atoms with E-state index in [0.29, 0.717) is 23.1 Å². The fourth-order valence-electron chi connectivity index (χ4n) is 3.64. The van der Waals surface area contributed by atoms with E-state index in [1.54, 1.807) is 10.9 Å². The van der Waals surface area contributed by atoms with Crippen LogP contribution in [0.25, 0.3) is 17.1 Å². The van der Waals surface area contributed by atoms with Gasteiger partial charge in [0.15, 0.2) is 5.76 Å². The topological polar surface area (TPSA) is 63.3 Å². The van der Waals surface area contributed by atoms with Crippen LogP contribution in [0.1, 0.15) is 23.3 Å². The largest absolute Gasteiger partial charge is 0.463 e. The van der Waals surface area contributed by atoms with Gasteiger partial charge in [-0.25, -0.2) is 4.68 Å². The Morgan fingerprint density at radius 2 is 1.96 bits per heavy atom. The van der Waals surface area contributed by atoms with Gasteiger partial charge in [-0.05, 0) is 56.6 Å². The van der Waals surface area contributed by atoms with Crippen molar-refractivity contribution in [1.82, 2.24) is 20.0 Å². The van der Waals surface area contributed by atoms with Crippen molar-refractivity contribution in [2.75, 3.05) is 26.7 Å². The predicted octanol–water partition coefficient (Wildman–Crippen LogP) is 3.20. The molecule has 2 aromatic heterocycles. The van der Waals surface area contributed by atoms with Gasteiger partial charge in [-0.1, -0.05) is 18.2 Å². The number of rotatable bonds is 5. The Labute approximate surface area is 158 Å². The Hall–Kier alpha value is -2.86. The average Bonchev–Trinajstić information content (AvgIpc) is 3.39. The SMILES string of the molecule is CNCC1CCN(C(=O)c2cc(-c3ccco3)nn2-c2ccccc2)CC1. The van der Waals surface area contributed by atoms with Gasteiger partial charge in [-0.2, -0.15) is 5.10 Å². The minimum Gasteiger partial charge on any atom is -0.463 e. The van der Waals surface area contributed by atoms with Gasteiger partial charge in [0, 0.05) is 19.2 Å². The van der Waals surface area contributed by atoms with Gasteiger partial charge in [0.2, 0.25) is 0 Å². The molecule has 1 aliphatic rings. The van der Waals surface area contributed by atoms with Gasteiger partial charge < -0.3 is 14.6 Å². The van der Waals surface area contributed by atoms with E-state index in [0.717, 1.165) is 38.2 Å². The second-order valence-electron chi connectivity index (χ2n) is 6.93. The molecule has 4 rings (SSSR count). The van der Waals surface area contributed by atoms with Gasteiger partial charge in [-0.15, -0.1) is 0 Å². The third-order valence-electron chi connectivity index (χ3n) is 5.10. The summed E-state index contributed by atoms with van der Waals surface area (Å²) in [5.74, 6) is 1.32. The quantitative estimate of drug-likeness (QED) is 0.755. The summed E-state index contributed by atoms with van der Waals surface area (Å²) in [7, 11) is 1.98. The highest BCUT2D eigenvalue weighted by Crippen LogP contribution is 2.25. The van der Waals surface area contributed by atoms with Crippen molar-refractivity contribution in [3.8, 4) is 17.1 Å². The summed E-state index contributed by atoms with van der Waals surface area (Å²) in [6.07, 6.45) is 3.67. The number of amides is 1. The molecule has 1 aliphatic heterocycles. The zero-order valence-electron chi connectivity index (χ0n) is 15.5. The van der Waals surface area contributed by atoms with E-state index in [1.165, 1.54) is 0 Å². The molecule has 3 heterocycles. The van der Waals surface area contributed by atoms with Crippen molar-refractivity contribution in [2.45, 2.75) is 12.8 Å². The molecule has 0 saturated carbocycles. The molecular weight excluding hydrogens is 340 g/mol. The number of carbonyl (C=O) groups is 1. The monoisotopic (exact) mass is 364 g/mol. The number of nitrogens with zero attached hydrogens (tertiary/aromatic N) is 3. The average molecular weight is 364 g/mol. The van der Waals surface area contributed by atoms with Crippen LogP contribution in [0, 0.1) is 5.92 Å². The van der Waals surface area contributed by atoms with Crippen LogP contribution in [0.15, 0.2) is 59.2 Å². The maximum absolute atomic E-state index is 13.3. The third kappa shape index (κ3) is 3.66. The molecule has 0 atom stereocenters. The highest BCUT2D eigenvalue weighted by Gasteiger charge is 2.27. The smallest absolute Gasteiger partial charge is 0.272 e. The van der Waals surface area contributed by atoms with E-state index < -0.39 is 0 Å². The third-order valence-corrected chi connectivity index (χ3v) is 5.10. The van der Waals surface area contributed by atoms with Crippen molar-refractivity contribution >= 4 is 5.91 Å². The molecule has 1 fully saturated rings. The van der Waals surface area contributed by atoms with Crippen molar-refractivity contribution in [1.29, 1.82) is 0 Å². The van der Waals surface area contributed by atoms with Gasteiger partial charge in [0.1, 0.15) is 11.4 Å². The van der Waals surface area contributed by atoms with Crippen LogP contribution in [0.4, 0.5) is 0 Å². The molecule has 1 saturated heterocycles. The Balaban J connectivity index is 1.64. The molecule has 140 valence electrons. The maximum Gasteiger partial charge on any atom is 0.272 e. The van der Waals surface area contributed by atoms with Crippen LogP contribution in [-0.2, 0) is 0 Å². The van der Waals surface area contributed by atoms with Gasteiger partial charge in [-0.3, -0.25) is 4.79 Å². The number of para-hydroxylation sites is 1. The standard InChI is InChI=1S/C21H24N4O2/c1-22-15-16-9-11-24(12-10-16)21(26)19-14-18(20-8-5-13-27-20)23-25(19)17-6-3-2-4-7-17/h2-8,13-14,16,22H,9-12,15H2,1H3. The first-order valence-corrected chi connectivity index (χ1v) is 9.39. The summed E-state index contributed by atoms with van der Waals surface area (Å²) in [6, 6.07) is 15.3. The van der Waals surface area contributed by atoms with E-state index in [4.69, 9.17) is 4.42 Å². The minimum atomic E-state index is 0.0204. The maximum atomic E-state index is 13.3. The molecule has 27 heavy (non-hydrogen) atoms. The lowest BCUT2D eigenvalue weighted by molar-refractivity contribution is 0.0681.